The third-order valence-corrected chi connectivity index (χ3v) is 1.99. The highest BCUT2D eigenvalue weighted by Gasteiger charge is 2.39. The van der Waals surface area contributed by atoms with E-state index in [0.29, 0.717) is 0 Å². The Labute approximate surface area is 76.9 Å². The Hall–Kier alpha value is -0.200. The maximum Gasteiger partial charge on any atom is 0.163 e. The first-order chi connectivity index (χ1) is 5.96. The molecule has 1 aliphatic rings. The van der Waals surface area contributed by atoms with Gasteiger partial charge in [0, 0.05) is 0 Å². The number of hydrogen-bond donors (Lipinski definition) is 3. The first-order valence-electron chi connectivity index (χ1n) is 4.25. The van der Waals surface area contributed by atoms with Crippen LogP contribution in [0.25, 0.3) is 0 Å². The lowest BCUT2D eigenvalue weighted by molar-refractivity contribution is -0.162. The van der Waals surface area contributed by atoms with Gasteiger partial charge in [0.05, 0.1) is 13.2 Å². The summed E-state index contributed by atoms with van der Waals surface area (Å²) >= 11 is 0. The van der Waals surface area contributed by atoms with E-state index in [4.69, 9.17) is 19.7 Å². The highest BCUT2D eigenvalue weighted by Crippen LogP contribution is 2.24. The Bertz CT molecular complexity index is 170. The van der Waals surface area contributed by atoms with Crippen LogP contribution >= 0.6 is 0 Å². The van der Waals surface area contributed by atoms with Gasteiger partial charge in [-0.3, -0.25) is 0 Å². The second-order valence-corrected chi connectivity index (χ2v) is 3.61. The molecule has 13 heavy (non-hydrogen) atoms. The molecule has 0 aromatic carbocycles. The van der Waals surface area contributed by atoms with Crippen molar-refractivity contribution in [3.63, 3.8) is 0 Å². The SMILES string of the molecule is CC1(C)OC[C@@H]([C@@H](O)[C@H](O)CO)O1. The van der Waals surface area contributed by atoms with E-state index in [1.165, 1.54) is 0 Å². The van der Waals surface area contributed by atoms with Crippen LogP contribution in [0.2, 0.25) is 0 Å². The van der Waals surface area contributed by atoms with Crippen molar-refractivity contribution in [3.05, 3.63) is 0 Å². The molecule has 1 fully saturated rings. The number of ether oxygens (including phenoxy) is 2. The molecule has 0 aromatic heterocycles. The second kappa shape index (κ2) is 3.89. The highest BCUT2D eigenvalue weighted by molar-refractivity contribution is 4.81. The van der Waals surface area contributed by atoms with Gasteiger partial charge in [0.15, 0.2) is 5.79 Å². The average molecular weight is 192 g/mol. The minimum Gasteiger partial charge on any atom is -0.394 e. The zero-order chi connectivity index (χ0) is 10.1. The molecular weight excluding hydrogens is 176 g/mol. The van der Waals surface area contributed by atoms with Gasteiger partial charge in [-0.1, -0.05) is 0 Å². The van der Waals surface area contributed by atoms with Crippen molar-refractivity contribution in [2.75, 3.05) is 13.2 Å². The highest BCUT2D eigenvalue weighted by atomic mass is 16.7. The standard InChI is InChI=1S/C8H16O5/c1-8(2)12-4-6(13-8)7(11)5(10)3-9/h5-7,9-11H,3-4H2,1-2H3/t5-,6+,7+/m1/s1. The number of rotatable bonds is 3. The van der Waals surface area contributed by atoms with Gasteiger partial charge >= 0.3 is 0 Å². The predicted molar refractivity (Wildman–Crippen MR) is 44.0 cm³/mol. The van der Waals surface area contributed by atoms with Gasteiger partial charge in [0.1, 0.15) is 18.3 Å². The van der Waals surface area contributed by atoms with Crippen molar-refractivity contribution in [2.45, 2.75) is 37.9 Å². The van der Waals surface area contributed by atoms with E-state index < -0.39 is 30.7 Å². The molecule has 1 aliphatic heterocycles. The van der Waals surface area contributed by atoms with Gasteiger partial charge < -0.3 is 24.8 Å². The summed E-state index contributed by atoms with van der Waals surface area (Å²) in [5, 5.41) is 27.1. The molecule has 0 amide bonds. The molecule has 5 nitrogen and oxygen atoms in total. The molecule has 0 aromatic rings. The van der Waals surface area contributed by atoms with Crippen molar-refractivity contribution in [1.82, 2.24) is 0 Å². The van der Waals surface area contributed by atoms with Crippen LogP contribution in [-0.2, 0) is 9.47 Å². The third kappa shape index (κ3) is 2.62. The second-order valence-electron chi connectivity index (χ2n) is 3.61. The van der Waals surface area contributed by atoms with Crippen LogP contribution in [0.4, 0.5) is 0 Å². The molecule has 3 atom stereocenters. The summed E-state index contributed by atoms with van der Waals surface area (Å²) in [7, 11) is 0. The lowest BCUT2D eigenvalue weighted by Crippen LogP contribution is -2.41. The summed E-state index contributed by atoms with van der Waals surface area (Å²) in [5.74, 6) is -0.721. The summed E-state index contributed by atoms with van der Waals surface area (Å²) in [4.78, 5) is 0. The van der Waals surface area contributed by atoms with Crippen molar-refractivity contribution < 1.29 is 24.8 Å². The van der Waals surface area contributed by atoms with Crippen molar-refractivity contribution in [1.29, 1.82) is 0 Å². The Morgan fingerprint density at radius 3 is 2.46 bits per heavy atom. The summed E-state index contributed by atoms with van der Waals surface area (Å²) < 4.78 is 10.5. The van der Waals surface area contributed by atoms with E-state index in [-0.39, 0.29) is 6.61 Å². The maximum atomic E-state index is 9.43. The van der Waals surface area contributed by atoms with Crippen LogP contribution < -0.4 is 0 Å². The molecule has 5 heteroatoms. The summed E-state index contributed by atoms with van der Waals surface area (Å²) in [6.07, 6.45) is -2.86. The normalized spacial score (nSPS) is 31.6. The Balaban J connectivity index is 2.46. The number of aliphatic hydroxyl groups is 3. The maximum absolute atomic E-state index is 9.43. The fourth-order valence-electron chi connectivity index (χ4n) is 1.24. The van der Waals surface area contributed by atoms with Crippen molar-refractivity contribution >= 4 is 0 Å². The monoisotopic (exact) mass is 192 g/mol. The quantitative estimate of drug-likeness (QED) is 0.526. The molecule has 3 N–H and O–H groups in total. The van der Waals surface area contributed by atoms with Crippen LogP contribution in [0.15, 0.2) is 0 Å². The summed E-state index contributed by atoms with van der Waals surface area (Å²) in [6.45, 7) is 3.20. The van der Waals surface area contributed by atoms with Crippen LogP contribution in [0.5, 0.6) is 0 Å². The Morgan fingerprint density at radius 1 is 1.46 bits per heavy atom. The molecule has 1 saturated heterocycles. The van der Waals surface area contributed by atoms with Gasteiger partial charge in [-0.05, 0) is 13.8 Å². The largest absolute Gasteiger partial charge is 0.394 e. The lowest BCUT2D eigenvalue weighted by Gasteiger charge is -2.22. The molecule has 0 saturated carbocycles. The van der Waals surface area contributed by atoms with E-state index >= 15 is 0 Å². The molecular formula is C8H16O5. The molecule has 0 unspecified atom stereocenters. The summed E-state index contributed by atoms with van der Waals surface area (Å²) in [5.41, 5.74) is 0. The van der Waals surface area contributed by atoms with Gasteiger partial charge in [-0.2, -0.15) is 0 Å². The van der Waals surface area contributed by atoms with Crippen LogP contribution in [0.1, 0.15) is 13.8 Å². The fraction of sp³-hybridized carbons (Fsp3) is 1.00. The van der Waals surface area contributed by atoms with Gasteiger partial charge in [-0.25, -0.2) is 0 Å². The number of hydrogen-bond acceptors (Lipinski definition) is 5. The number of aliphatic hydroxyl groups excluding tert-OH is 3. The predicted octanol–water partition coefficient (Wildman–Crippen LogP) is -1.15. The topological polar surface area (TPSA) is 79.2 Å². The van der Waals surface area contributed by atoms with E-state index in [2.05, 4.69) is 0 Å². The first kappa shape index (κ1) is 10.9. The molecule has 0 spiro atoms. The van der Waals surface area contributed by atoms with Crippen LogP contribution in [0, 0.1) is 0 Å². The third-order valence-electron chi connectivity index (χ3n) is 1.99. The molecule has 0 bridgehead atoms. The van der Waals surface area contributed by atoms with E-state index in [1.54, 1.807) is 13.8 Å². The Kier molecular flexibility index (Phi) is 3.26. The fourth-order valence-corrected chi connectivity index (χ4v) is 1.24. The van der Waals surface area contributed by atoms with E-state index in [1.807, 2.05) is 0 Å². The van der Waals surface area contributed by atoms with Gasteiger partial charge in [-0.15, -0.1) is 0 Å². The van der Waals surface area contributed by atoms with E-state index in [9.17, 15) is 5.11 Å². The van der Waals surface area contributed by atoms with Crippen molar-refractivity contribution in [2.24, 2.45) is 0 Å². The molecule has 78 valence electrons. The molecule has 0 radical (unpaired) electrons. The average Bonchev–Trinajstić information content (AvgIpc) is 2.43. The van der Waals surface area contributed by atoms with Crippen molar-refractivity contribution in [3.8, 4) is 0 Å². The van der Waals surface area contributed by atoms with Gasteiger partial charge in [0.25, 0.3) is 0 Å². The smallest absolute Gasteiger partial charge is 0.163 e. The lowest BCUT2D eigenvalue weighted by atomic mass is 10.1. The minimum absolute atomic E-state index is 0.227. The van der Waals surface area contributed by atoms with Gasteiger partial charge in [0.2, 0.25) is 0 Å². The Morgan fingerprint density at radius 2 is 2.08 bits per heavy atom. The van der Waals surface area contributed by atoms with Crippen LogP contribution in [-0.4, -0.2) is 52.6 Å². The van der Waals surface area contributed by atoms with Crippen LogP contribution in [0.3, 0.4) is 0 Å². The molecule has 1 rings (SSSR count). The molecule has 0 aliphatic carbocycles. The first-order valence-corrected chi connectivity index (χ1v) is 4.25. The van der Waals surface area contributed by atoms with E-state index in [0.717, 1.165) is 0 Å². The minimum atomic E-state index is -1.18. The zero-order valence-corrected chi connectivity index (χ0v) is 7.80. The zero-order valence-electron chi connectivity index (χ0n) is 7.80. The molecule has 1 heterocycles. The summed E-state index contributed by atoms with van der Waals surface area (Å²) in [6, 6.07) is 0.